The van der Waals surface area contributed by atoms with E-state index in [1.807, 2.05) is 0 Å². The highest BCUT2D eigenvalue weighted by Crippen LogP contribution is 2.21. The molecule has 0 aromatic carbocycles. The second-order valence-corrected chi connectivity index (χ2v) is 3.23. The van der Waals surface area contributed by atoms with Crippen LogP contribution in [0.2, 0.25) is 0 Å². The van der Waals surface area contributed by atoms with Crippen molar-refractivity contribution in [3.8, 4) is 0 Å². The maximum absolute atomic E-state index is 10.8. The molecule has 76 valence electrons. The van der Waals surface area contributed by atoms with Gasteiger partial charge in [-0.2, -0.15) is 0 Å². The summed E-state index contributed by atoms with van der Waals surface area (Å²) in [5.41, 5.74) is -0.954. The van der Waals surface area contributed by atoms with Gasteiger partial charge >= 0.3 is 11.9 Å². The molecular formula is C9H16O4. The third-order valence-electron chi connectivity index (χ3n) is 2.14. The van der Waals surface area contributed by atoms with Crippen molar-refractivity contribution in [2.24, 2.45) is 5.41 Å². The highest BCUT2D eigenvalue weighted by Gasteiger charge is 2.32. The van der Waals surface area contributed by atoms with Gasteiger partial charge in [0.15, 0.2) is 0 Å². The molecule has 0 saturated heterocycles. The summed E-state index contributed by atoms with van der Waals surface area (Å²) >= 11 is 0. The van der Waals surface area contributed by atoms with Crippen LogP contribution in [0.1, 0.15) is 33.6 Å². The van der Waals surface area contributed by atoms with Crippen LogP contribution in [0.5, 0.6) is 0 Å². The predicted octanol–water partition coefficient (Wildman–Crippen LogP) is 1.44. The highest BCUT2D eigenvalue weighted by atomic mass is 16.5. The fourth-order valence-corrected chi connectivity index (χ4v) is 0.657. The second kappa shape index (κ2) is 4.84. The monoisotopic (exact) mass is 188 g/mol. The van der Waals surface area contributed by atoms with Crippen LogP contribution >= 0.6 is 0 Å². The summed E-state index contributed by atoms with van der Waals surface area (Å²) in [6.45, 7) is 4.95. The molecule has 4 nitrogen and oxygen atoms in total. The molecule has 4 heteroatoms. The SMILES string of the molecule is CCC(=O)OC[C@@](C)(CC)C(=O)O. The number of aliphatic carboxylic acids is 1. The number of carboxylic acid groups (broad SMARTS) is 1. The lowest BCUT2D eigenvalue weighted by Gasteiger charge is -2.21. The average molecular weight is 188 g/mol. The first kappa shape index (κ1) is 11.9. The Morgan fingerprint density at radius 1 is 1.38 bits per heavy atom. The minimum atomic E-state index is -0.954. The Morgan fingerprint density at radius 2 is 1.92 bits per heavy atom. The van der Waals surface area contributed by atoms with Crippen LogP contribution in [0.15, 0.2) is 0 Å². The van der Waals surface area contributed by atoms with Gasteiger partial charge in [-0.05, 0) is 13.3 Å². The number of carboxylic acids is 1. The zero-order chi connectivity index (χ0) is 10.5. The van der Waals surface area contributed by atoms with Gasteiger partial charge in [-0.3, -0.25) is 9.59 Å². The van der Waals surface area contributed by atoms with Crippen LogP contribution in [0.25, 0.3) is 0 Å². The quantitative estimate of drug-likeness (QED) is 0.663. The first-order valence-electron chi connectivity index (χ1n) is 4.35. The molecule has 1 N–H and O–H groups in total. The van der Waals surface area contributed by atoms with Gasteiger partial charge in [0.25, 0.3) is 0 Å². The van der Waals surface area contributed by atoms with Crippen LogP contribution in [0, 0.1) is 5.41 Å². The Kier molecular flexibility index (Phi) is 4.45. The van der Waals surface area contributed by atoms with Crippen molar-refractivity contribution in [1.29, 1.82) is 0 Å². The van der Waals surface area contributed by atoms with E-state index in [0.717, 1.165) is 0 Å². The van der Waals surface area contributed by atoms with E-state index in [1.54, 1.807) is 20.8 Å². The Bertz CT molecular complexity index is 200. The topological polar surface area (TPSA) is 63.6 Å². The van der Waals surface area contributed by atoms with Crippen molar-refractivity contribution in [1.82, 2.24) is 0 Å². The average Bonchev–Trinajstić information content (AvgIpc) is 2.13. The van der Waals surface area contributed by atoms with E-state index < -0.39 is 11.4 Å². The van der Waals surface area contributed by atoms with Crippen molar-refractivity contribution >= 4 is 11.9 Å². The van der Waals surface area contributed by atoms with Gasteiger partial charge in [-0.15, -0.1) is 0 Å². The van der Waals surface area contributed by atoms with Gasteiger partial charge in [0, 0.05) is 6.42 Å². The summed E-state index contributed by atoms with van der Waals surface area (Å²) in [7, 11) is 0. The number of hydrogen-bond acceptors (Lipinski definition) is 3. The molecule has 0 aromatic rings. The zero-order valence-electron chi connectivity index (χ0n) is 8.29. The first-order chi connectivity index (χ1) is 5.96. The summed E-state index contributed by atoms with van der Waals surface area (Å²) < 4.78 is 4.79. The normalized spacial score (nSPS) is 14.7. The fourth-order valence-electron chi connectivity index (χ4n) is 0.657. The lowest BCUT2D eigenvalue weighted by molar-refractivity contribution is -0.158. The van der Waals surface area contributed by atoms with Crippen molar-refractivity contribution in [3.63, 3.8) is 0 Å². The highest BCUT2D eigenvalue weighted by molar-refractivity contribution is 5.75. The van der Waals surface area contributed by atoms with Gasteiger partial charge in [-0.1, -0.05) is 13.8 Å². The number of rotatable bonds is 5. The Balaban J connectivity index is 4.13. The zero-order valence-corrected chi connectivity index (χ0v) is 8.29. The lowest BCUT2D eigenvalue weighted by atomic mass is 9.89. The molecule has 0 amide bonds. The number of ether oxygens (including phenoxy) is 1. The molecule has 0 radical (unpaired) electrons. The summed E-state index contributed by atoms with van der Waals surface area (Å²) in [4.78, 5) is 21.5. The van der Waals surface area contributed by atoms with E-state index in [9.17, 15) is 9.59 Å². The summed E-state index contributed by atoms with van der Waals surface area (Å²) in [6, 6.07) is 0. The molecule has 0 aliphatic carbocycles. The first-order valence-corrected chi connectivity index (χ1v) is 4.35. The number of hydrogen-bond donors (Lipinski definition) is 1. The number of carbonyl (C=O) groups excluding carboxylic acids is 1. The maximum Gasteiger partial charge on any atom is 0.312 e. The molecular weight excluding hydrogens is 172 g/mol. The third kappa shape index (κ3) is 3.44. The van der Waals surface area contributed by atoms with Crippen molar-refractivity contribution < 1.29 is 19.4 Å². The molecule has 0 bridgehead atoms. The molecule has 0 saturated carbocycles. The minimum absolute atomic E-state index is 0.0501. The number of esters is 1. The molecule has 13 heavy (non-hydrogen) atoms. The molecule has 0 aliphatic rings. The van der Waals surface area contributed by atoms with E-state index in [-0.39, 0.29) is 19.0 Å². The number of carbonyl (C=O) groups is 2. The van der Waals surface area contributed by atoms with E-state index in [1.165, 1.54) is 0 Å². The van der Waals surface area contributed by atoms with Gasteiger partial charge in [0.05, 0.1) is 5.41 Å². The van der Waals surface area contributed by atoms with E-state index in [4.69, 9.17) is 9.84 Å². The molecule has 0 rings (SSSR count). The van der Waals surface area contributed by atoms with Crippen molar-refractivity contribution in [2.75, 3.05) is 6.61 Å². The van der Waals surface area contributed by atoms with E-state index in [2.05, 4.69) is 0 Å². The van der Waals surface area contributed by atoms with Crippen LogP contribution in [0.3, 0.4) is 0 Å². The molecule has 0 spiro atoms. The van der Waals surface area contributed by atoms with Gasteiger partial charge in [-0.25, -0.2) is 0 Å². The Hall–Kier alpha value is -1.06. The molecule has 1 atom stereocenters. The van der Waals surface area contributed by atoms with Crippen LogP contribution in [-0.2, 0) is 14.3 Å². The van der Waals surface area contributed by atoms with E-state index in [0.29, 0.717) is 6.42 Å². The second-order valence-electron chi connectivity index (χ2n) is 3.23. The molecule has 0 aliphatic heterocycles. The van der Waals surface area contributed by atoms with Crippen LogP contribution in [-0.4, -0.2) is 23.7 Å². The summed E-state index contributed by atoms with van der Waals surface area (Å²) in [5, 5.41) is 8.83. The van der Waals surface area contributed by atoms with Gasteiger partial charge < -0.3 is 9.84 Å². The van der Waals surface area contributed by atoms with Crippen molar-refractivity contribution in [3.05, 3.63) is 0 Å². The van der Waals surface area contributed by atoms with Crippen LogP contribution in [0.4, 0.5) is 0 Å². The fraction of sp³-hybridized carbons (Fsp3) is 0.778. The molecule has 0 fully saturated rings. The summed E-state index contributed by atoms with van der Waals surface area (Å²) in [6.07, 6.45) is 0.721. The standard InChI is InChI=1S/C9H16O4/c1-4-7(10)13-6-9(3,5-2)8(11)12/h4-6H2,1-3H3,(H,11,12)/t9-/m1/s1. The van der Waals surface area contributed by atoms with E-state index >= 15 is 0 Å². The molecule has 0 unspecified atom stereocenters. The molecule has 0 aromatic heterocycles. The van der Waals surface area contributed by atoms with Crippen molar-refractivity contribution in [2.45, 2.75) is 33.6 Å². The van der Waals surface area contributed by atoms with Crippen LogP contribution < -0.4 is 0 Å². The maximum atomic E-state index is 10.8. The lowest BCUT2D eigenvalue weighted by Crippen LogP contribution is -2.33. The Morgan fingerprint density at radius 3 is 2.23 bits per heavy atom. The largest absolute Gasteiger partial charge is 0.481 e. The molecule has 0 heterocycles. The Labute approximate surface area is 77.9 Å². The summed E-state index contributed by atoms with van der Waals surface area (Å²) in [5.74, 6) is -1.29. The van der Waals surface area contributed by atoms with Gasteiger partial charge in [0.1, 0.15) is 6.61 Å². The minimum Gasteiger partial charge on any atom is -0.481 e. The van der Waals surface area contributed by atoms with Gasteiger partial charge in [0.2, 0.25) is 0 Å². The predicted molar refractivity (Wildman–Crippen MR) is 47.3 cm³/mol. The smallest absolute Gasteiger partial charge is 0.312 e. The third-order valence-corrected chi connectivity index (χ3v) is 2.14.